The summed E-state index contributed by atoms with van der Waals surface area (Å²) in [5.41, 5.74) is 16.9. The fourth-order valence-corrected chi connectivity index (χ4v) is 11.3. The monoisotopic (exact) mass is 1160 g/mol. The summed E-state index contributed by atoms with van der Waals surface area (Å²) >= 11 is 24.2. The fraction of sp³-hybridized carbons (Fsp3) is 0.256. The Kier molecular flexibility index (Phi) is 18.8. The quantitative estimate of drug-likeness (QED) is 0.0316. The van der Waals surface area contributed by atoms with Crippen molar-refractivity contribution in [2.45, 2.75) is 72.8 Å². The lowest BCUT2D eigenvalue weighted by molar-refractivity contribution is -0.147. The standard InChI is InChI=1S/C15H18ClN5O4S.C14H14Cl2N2O4S.C14H16ClN5O4S/c1-15(2,13(22)25-3)21-26(23,24)8-4-5-9-10(6-8)12(20-14(17)18)19-7-11(9)16;1-14(2,13(19)22-3)18-23(20,21)8-4-5-9-10(6-8)12(16)17-7-11(9)15;1-14(2,12(21)22)20-25(23,24)7-3-4-8-9(5-7)11(19-13(16)17)18-6-10(8)15/h4-7,21H,1-3H3,(H4,17,18,19,20);4-7,18H,1-3H3;3-6,20H,1-2H3,(H,21,22)(H4,16,17,18,19). The van der Waals surface area contributed by atoms with Crippen LogP contribution >= 0.6 is 46.4 Å². The zero-order valence-electron chi connectivity index (χ0n) is 40.1. The molecule has 398 valence electrons. The molecule has 3 aromatic heterocycles. The highest BCUT2D eigenvalue weighted by atomic mass is 35.5. The van der Waals surface area contributed by atoms with Crippen molar-refractivity contribution in [1.29, 1.82) is 0 Å². The Hall–Kier alpha value is -6.27. The van der Waals surface area contributed by atoms with Crippen LogP contribution in [0.4, 0.5) is 11.6 Å². The van der Waals surface area contributed by atoms with Gasteiger partial charge in [0.2, 0.25) is 30.1 Å². The van der Waals surface area contributed by atoms with Gasteiger partial charge in [0.05, 0.1) is 44.0 Å². The summed E-state index contributed by atoms with van der Waals surface area (Å²) < 4.78 is 91.2. The number of esters is 2. The number of nitrogens with two attached hydrogens (primary N) is 4. The van der Waals surface area contributed by atoms with E-state index in [9.17, 15) is 39.6 Å². The lowest BCUT2D eigenvalue weighted by Crippen LogP contribution is -2.50. The summed E-state index contributed by atoms with van der Waals surface area (Å²) in [6.45, 7) is 8.06. The molecule has 12 N–H and O–H groups in total. The summed E-state index contributed by atoms with van der Waals surface area (Å²) in [5, 5.41) is 12.8. The minimum atomic E-state index is -4.13. The molecule has 31 heteroatoms. The molecule has 0 amide bonds. The van der Waals surface area contributed by atoms with Crippen LogP contribution in [0.2, 0.25) is 20.2 Å². The van der Waals surface area contributed by atoms with Gasteiger partial charge in [0.15, 0.2) is 23.6 Å². The molecule has 0 saturated heterocycles. The second kappa shape index (κ2) is 23.1. The number of carboxylic acid groups (broad SMARTS) is 1. The maximum absolute atomic E-state index is 12.7. The van der Waals surface area contributed by atoms with Crippen molar-refractivity contribution in [3.63, 3.8) is 0 Å². The first-order chi connectivity index (χ1) is 34.0. The summed E-state index contributed by atoms with van der Waals surface area (Å²) in [4.78, 5) is 53.8. The van der Waals surface area contributed by atoms with Gasteiger partial charge < -0.3 is 37.5 Å². The van der Waals surface area contributed by atoms with E-state index < -0.39 is 64.6 Å². The highest BCUT2D eigenvalue weighted by Crippen LogP contribution is 2.34. The first-order valence-electron chi connectivity index (χ1n) is 20.6. The van der Waals surface area contributed by atoms with Crippen molar-refractivity contribution in [3.05, 3.63) is 93.4 Å². The number of methoxy groups -OCH3 is 2. The van der Waals surface area contributed by atoms with Crippen LogP contribution in [-0.4, -0.2) is 106 Å². The fourth-order valence-electron chi connectivity index (χ4n) is 6.25. The third-order valence-electron chi connectivity index (χ3n) is 9.84. The highest BCUT2D eigenvalue weighted by molar-refractivity contribution is 7.90. The number of pyridine rings is 3. The van der Waals surface area contributed by atoms with Crippen LogP contribution in [-0.2, 0) is 53.9 Å². The maximum atomic E-state index is 12.7. The molecular formula is C43H48Cl4N12O12S3. The van der Waals surface area contributed by atoms with Gasteiger partial charge in [-0.2, -0.15) is 24.2 Å². The number of halogens is 4. The van der Waals surface area contributed by atoms with E-state index in [4.69, 9.17) is 74.4 Å². The van der Waals surface area contributed by atoms with Crippen LogP contribution in [0.5, 0.6) is 0 Å². The molecule has 0 fully saturated rings. The number of nitrogens with zero attached hydrogens (tertiary/aromatic N) is 5. The summed E-state index contributed by atoms with van der Waals surface area (Å²) in [6.07, 6.45) is 4.09. The second-order valence-electron chi connectivity index (χ2n) is 16.9. The third kappa shape index (κ3) is 14.5. The van der Waals surface area contributed by atoms with E-state index in [1.807, 2.05) is 0 Å². The van der Waals surface area contributed by atoms with Gasteiger partial charge in [0, 0.05) is 50.9 Å². The third-order valence-corrected chi connectivity index (χ3v) is 16.0. The van der Waals surface area contributed by atoms with E-state index in [1.165, 1.54) is 129 Å². The Balaban J connectivity index is 0.000000241. The number of aliphatic carboxylic acids is 1. The topological polar surface area (TPSA) is 396 Å². The summed E-state index contributed by atoms with van der Waals surface area (Å²) in [7, 11) is -9.80. The number of nitrogens with one attached hydrogen (secondary N) is 3. The van der Waals surface area contributed by atoms with Crippen LogP contribution in [0.25, 0.3) is 32.3 Å². The summed E-state index contributed by atoms with van der Waals surface area (Å²) in [5.74, 6) is -3.03. The molecule has 0 aliphatic carbocycles. The number of rotatable bonds is 14. The van der Waals surface area contributed by atoms with Crippen molar-refractivity contribution >= 4 is 150 Å². The van der Waals surface area contributed by atoms with Crippen LogP contribution < -0.4 is 37.1 Å². The predicted octanol–water partition coefficient (Wildman–Crippen LogP) is 4.73. The van der Waals surface area contributed by atoms with E-state index in [-0.39, 0.29) is 48.4 Å². The number of ether oxygens (including phenoxy) is 2. The van der Waals surface area contributed by atoms with Crippen LogP contribution in [0, 0.1) is 0 Å². The van der Waals surface area contributed by atoms with E-state index >= 15 is 0 Å². The van der Waals surface area contributed by atoms with Gasteiger partial charge >= 0.3 is 17.9 Å². The molecule has 0 spiro atoms. The van der Waals surface area contributed by atoms with Crippen molar-refractivity contribution in [3.8, 4) is 0 Å². The zero-order chi connectivity index (χ0) is 56.1. The molecule has 0 unspecified atom stereocenters. The SMILES string of the molecule is CC(C)(NS(=O)(=O)c1ccc2c(Cl)cnc(N=C(N)N)c2c1)C(=O)O.COC(=O)C(C)(C)NS(=O)(=O)c1ccc2c(Cl)cnc(Cl)c2c1.COC(=O)C(C)(C)NS(=O)(=O)c1ccc2c(Cl)cnc(N=C(N)N)c2c1. The van der Waals surface area contributed by atoms with Gasteiger partial charge in [-0.15, -0.1) is 0 Å². The molecule has 3 aromatic carbocycles. The van der Waals surface area contributed by atoms with Crippen molar-refractivity contribution < 1.29 is 54.2 Å². The zero-order valence-corrected chi connectivity index (χ0v) is 45.6. The molecule has 0 aliphatic heterocycles. The minimum absolute atomic E-state index is 0.0621. The average molecular weight is 1160 g/mol. The van der Waals surface area contributed by atoms with E-state index in [0.717, 1.165) is 0 Å². The normalized spacial score (nSPS) is 12.2. The lowest BCUT2D eigenvalue weighted by atomic mass is 10.1. The molecule has 3 heterocycles. The molecule has 0 radical (unpaired) electrons. The first kappa shape index (κ1) is 60.3. The molecule has 0 aliphatic rings. The Labute approximate surface area is 444 Å². The number of hydrogen-bond acceptors (Lipinski definition) is 16. The molecule has 6 aromatic rings. The molecule has 0 atom stereocenters. The number of hydrogen-bond donors (Lipinski definition) is 8. The van der Waals surface area contributed by atoms with Crippen molar-refractivity contribution in [2.24, 2.45) is 32.9 Å². The van der Waals surface area contributed by atoms with Gasteiger partial charge in [0.1, 0.15) is 21.8 Å². The van der Waals surface area contributed by atoms with Crippen molar-refractivity contribution in [1.82, 2.24) is 29.1 Å². The maximum Gasteiger partial charge on any atom is 0.326 e. The number of carbonyl (C=O) groups excluding carboxylic acids is 2. The van der Waals surface area contributed by atoms with Gasteiger partial charge in [-0.05, 0) is 77.9 Å². The highest BCUT2D eigenvalue weighted by Gasteiger charge is 2.36. The number of sulfonamides is 3. The number of aromatic nitrogens is 3. The van der Waals surface area contributed by atoms with Gasteiger partial charge in [-0.25, -0.2) is 40.2 Å². The second-order valence-corrected chi connectivity index (χ2v) is 23.6. The van der Waals surface area contributed by atoms with Crippen LogP contribution in [0.3, 0.4) is 0 Å². The van der Waals surface area contributed by atoms with Gasteiger partial charge in [0.25, 0.3) is 0 Å². The number of carbonyl (C=O) groups is 3. The van der Waals surface area contributed by atoms with Crippen LogP contribution in [0.15, 0.2) is 97.9 Å². The van der Waals surface area contributed by atoms with E-state index in [2.05, 4.69) is 48.6 Å². The number of carboxylic acids is 1. The lowest BCUT2D eigenvalue weighted by Gasteiger charge is -2.23. The van der Waals surface area contributed by atoms with E-state index in [1.54, 1.807) is 0 Å². The van der Waals surface area contributed by atoms with Gasteiger partial charge in [-0.3, -0.25) is 14.4 Å². The van der Waals surface area contributed by atoms with Crippen molar-refractivity contribution in [2.75, 3.05) is 14.2 Å². The number of fused-ring (bicyclic) bond motifs is 3. The Morgan fingerprint density at radius 2 is 0.811 bits per heavy atom. The Morgan fingerprint density at radius 1 is 0.514 bits per heavy atom. The smallest absolute Gasteiger partial charge is 0.326 e. The molecule has 74 heavy (non-hydrogen) atoms. The molecular weight excluding hydrogens is 1110 g/mol. The molecule has 6 rings (SSSR count). The number of guanidine groups is 2. The minimum Gasteiger partial charge on any atom is -0.480 e. The van der Waals surface area contributed by atoms with Gasteiger partial charge in [-0.1, -0.05) is 64.6 Å². The first-order valence-corrected chi connectivity index (χ1v) is 26.6. The predicted molar refractivity (Wildman–Crippen MR) is 281 cm³/mol. The largest absolute Gasteiger partial charge is 0.480 e. The average Bonchev–Trinajstić information content (AvgIpc) is 3.30. The molecule has 0 bridgehead atoms. The molecule has 0 saturated carbocycles. The number of aliphatic imine (C=N–C) groups is 2. The van der Waals surface area contributed by atoms with E-state index in [0.29, 0.717) is 42.4 Å². The Bertz CT molecular complexity index is 3610. The summed E-state index contributed by atoms with van der Waals surface area (Å²) in [6, 6.07) is 12.5. The molecule has 24 nitrogen and oxygen atoms in total. The number of benzene rings is 3. The van der Waals surface area contributed by atoms with Crippen LogP contribution in [0.1, 0.15) is 41.5 Å². The Morgan fingerprint density at radius 3 is 1.12 bits per heavy atom.